The normalized spacial score (nSPS) is 10.9. The maximum atomic E-state index is 13.4. The number of aryl methyl sites for hydroxylation is 1. The summed E-state index contributed by atoms with van der Waals surface area (Å²) in [7, 11) is 0. The molecule has 0 saturated heterocycles. The van der Waals surface area contributed by atoms with E-state index in [2.05, 4.69) is 12.2 Å². The minimum atomic E-state index is -0.305. The number of carbonyl (C=O) groups is 1. The lowest BCUT2D eigenvalue weighted by molar-refractivity contribution is -0.113. The molecule has 1 amide bonds. The van der Waals surface area contributed by atoms with Crippen LogP contribution in [0, 0.1) is 5.82 Å². The van der Waals surface area contributed by atoms with Gasteiger partial charge in [0.2, 0.25) is 5.91 Å². The number of aromatic nitrogens is 2. The number of rotatable bonds is 6. The fourth-order valence-electron chi connectivity index (χ4n) is 3.16. The number of benzene rings is 3. The predicted octanol–water partition coefficient (Wildman–Crippen LogP) is 5.73. The molecule has 150 valence electrons. The molecule has 1 N–H and O–H groups in total. The van der Waals surface area contributed by atoms with Crippen molar-refractivity contribution in [2.24, 2.45) is 0 Å². The molecule has 0 bridgehead atoms. The summed E-state index contributed by atoms with van der Waals surface area (Å²) in [5.74, 6) is 0.337. The number of fused-ring (bicyclic) bond motifs is 1. The van der Waals surface area contributed by atoms with Crippen LogP contribution in [0.25, 0.3) is 22.3 Å². The van der Waals surface area contributed by atoms with Gasteiger partial charge in [-0.05, 0) is 48.4 Å². The van der Waals surface area contributed by atoms with Crippen LogP contribution in [-0.4, -0.2) is 21.6 Å². The Labute approximate surface area is 178 Å². The van der Waals surface area contributed by atoms with Gasteiger partial charge in [-0.3, -0.25) is 4.79 Å². The highest BCUT2D eigenvalue weighted by molar-refractivity contribution is 8.00. The number of hydrogen-bond donors (Lipinski definition) is 1. The van der Waals surface area contributed by atoms with Gasteiger partial charge in [-0.15, -0.1) is 0 Å². The van der Waals surface area contributed by atoms with E-state index in [-0.39, 0.29) is 17.5 Å². The number of carbonyl (C=O) groups excluding carboxylic acids is 1. The van der Waals surface area contributed by atoms with Gasteiger partial charge in [0.1, 0.15) is 10.8 Å². The van der Waals surface area contributed by atoms with Crippen molar-refractivity contribution in [1.29, 1.82) is 0 Å². The smallest absolute Gasteiger partial charge is 0.234 e. The number of amides is 1. The molecule has 0 aliphatic heterocycles. The maximum absolute atomic E-state index is 13.4. The summed E-state index contributed by atoms with van der Waals surface area (Å²) in [6.07, 6.45) is 0.829. The lowest BCUT2D eigenvalue weighted by atomic mass is 10.1. The highest BCUT2D eigenvalue weighted by atomic mass is 32.2. The number of para-hydroxylation sites is 2. The molecule has 4 aromatic rings. The number of nitrogens with one attached hydrogen (secondary N) is 1. The summed E-state index contributed by atoms with van der Waals surface area (Å²) in [5.41, 5.74) is 3.46. The molecule has 0 radical (unpaired) electrons. The topological polar surface area (TPSA) is 54.9 Å². The highest BCUT2D eigenvalue weighted by Gasteiger charge is 2.14. The van der Waals surface area contributed by atoms with Gasteiger partial charge in [-0.1, -0.05) is 55.1 Å². The molecular formula is C24H20FN3OS. The molecular weight excluding hydrogens is 397 g/mol. The Kier molecular flexibility index (Phi) is 6.05. The second-order valence-corrected chi connectivity index (χ2v) is 7.69. The minimum absolute atomic E-state index is 0.104. The third-order valence-corrected chi connectivity index (χ3v) is 5.65. The molecule has 4 nitrogen and oxygen atoms in total. The molecule has 0 spiro atoms. The van der Waals surface area contributed by atoms with E-state index in [1.807, 2.05) is 48.5 Å². The molecule has 3 aromatic carbocycles. The van der Waals surface area contributed by atoms with Crippen LogP contribution in [-0.2, 0) is 11.2 Å². The van der Waals surface area contributed by atoms with Gasteiger partial charge in [0.05, 0.1) is 11.3 Å². The second-order valence-electron chi connectivity index (χ2n) is 6.73. The van der Waals surface area contributed by atoms with Crippen molar-refractivity contribution in [1.82, 2.24) is 9.97 Å². The van der Waals surface area contributed by atoms with Crippen molar-refractivity contribution in [3.63, 3.8) is 0 Å². The van der Waals surface area contributed by atoms with Crippen molar-refractivity contribution in [3.8, 4) is 11.4 Å². The number of anilines is 1. The number of halogens is 1. The van der Waals surface area contributed by atoms with Crippen LogP contribution in [0.3, 0.4) is 0 Å². The monoisotopic (exact) mass is 417 g/mol. The van der Waals surface area contributed by atoms with Crippen LogP contribution >= 0.6 is 11.8 Å². The van der Waals surface area contributed by atoms with Crippen molar-refractivity contribution in [2.75, 3.05) is 11.1 Å². The summed E-state index contributed by atoms with van der Waals surface area (Å²) < 4.78 is 13.4. The molecule has 0 unspecified atom stereocenters. The molecule has 1 aromatic heterocycles. The fraction of sp³-hybridized carbons (Fsp3) is 0.125. The first kappa shape index (κ1) is 20.0. The van der Waals surface area contributed by atoms with Gasteiger partial charge in [-0.2, -0.15) is 0 Å². The average Bonchev–Trinajstić information content (AvgIpc) is 2.78. The molecule has 0 aliphatic rings. The summed E-state index contributed by atoms with van der Waals surface area (Å²) in [5, 5.41) is 4.54. The van der Waals surface area contributed by atoms with E-state index >= 15 is 0 Å². The van der Waals surface area contributed by atoms with E-state index in [1.54, 1.807) is 12.1 Å². The van der Waals surface area contributed by atoms with Crippen LogP contribution in [0.15, 0.2) is 77.8 Å². The Hall–Kier alpha value is -3.25. The van der Waals surface area contributed by atoms with E-state index in [1.165, 1.54) is 23.9 Å². The molecule has 4 rings (SSSR count). The van der Waals surface area contributed by atoms with E-state index < -0.39 is 0 Å². The molecule has 0 aliphatic carbocycles. The third-order valence-electron chi connectivity index (χ3n) is 4.66. The van der Waals surface area contributed by atoms with Crippen LogP contribution in [0.5, 0.6) is 0 Å². The highest BCUT2D eigenvalue weighted by Crippen LogP contribution is 2.30. The Bertz CT molecular complexity index is 1180. The largest absolute Gasteiger partial charge is 0.325 e. The molecule has 0 atom stereocenters. The first-order valence-corrected chi connectivity index (χ1v) is 10.7. The Morgan fingerprint density at radius 1 is 0.967 bits per heavy atom. The van der Waals surface area contributed by atoms with E-state index in [0.29, 0.717) is 5.82 Å². The molecule has 6 heteroatoms. The number of nitrogens with zero attached hydrogens (tertiary/aromatic N) is 2. The minimum Gasteiger partial charge on any atom is -0.325 e. The second kappa shape index (κ2) is 9.05. The number of thioether (sulfide) groups is 1. The van der Waals surface area contributed by atoms with Crippen molar-refractivity contribution in [3.05, 3.63) is 84.2 Å². The standard InChI is InChI=1S/C24H20FN3OS/c1-2-16-7-6-10-20-22(16)27-23(17-11-13-18(25)14-12-17)28-24(20)30-15-21(29)26-19-8-4-3-5-9-19/h3-14H,2,15H2,1H3,(H,26,29). The number of hydrogen-bond acceptors (Lipinski definition) is 4. The first-order chi connectivity index (χ1) is 14.6. The zero-order chi connectivity index (χ0) is 20.9. The first-order valence-electron chi connectivity index (χ1n) is 9.67. The zero-order valence-electron chi connectivity index (χ0n) is 16.4. The van der Waals surface area contributed by atoms with Crippen LogP contribution < -0.4 is 5.32 Å². The quantitative estimate of drug-likeness (QED) is 0.322. The van der Waals surface area contributed by atoms with Crippen LogP contribution in [0.1, 0.15) is 12.5 Å². The SMILES string of the molecule is CCc1cccc2c(SCC(=O)Nc3ccccc3)nc(-c3ccc(F)cc3)nc12. The maximum Gasteiger partial charge on any atom is 0.234 e. The Balaban J connectivity index is 1.67. The van der Waals surface area contributed by atoms with Gasteiger partial charge in [0.25, 0.3) is 0 Å². The van der Waals surface area contributed by atoms with E-state index in [9.17, 15) is 9.18 Å². The van der Waals surface area contributed by atoms with E-state index in [4.69, 9.17) is 9.97 Å². The van der Waals surface area contributed by atoms with E-state index in [0.717, 1.165) is 39.2 Å². The van der Waals surface area contributed by atoms with Gasteiger partial charge >= 0.3 is 0 Å². The lowest BCUT2D eigenvalue weighted by Crippen LogP contribution is -2.14. The summed E-state index contributed by atoms with van der Waals surface area (Å²) in [6.45, 7) is 2.08. The van der Waals surface area contributed by atoms with Gasteiger partial charge in [-0.25, -0.2) is 14.4 Å². The summed E-state index contributed by atoms with van der Waals surface area (Å²) in [6, 6.07) is 21.5. The molecule has 30 heavy (non-hydrogen) atoms. The molecule has 1 heterocycles. The van der Waals surface area contributed by atoms with Gasteiger partial charge in [0.15, 0.2) is 5.82 Å². The summed E-state index contributed by atoms with van der Waals surface area (Å²) in [4.78, 5) is 21.9. The van der Waals surface area contributed by atoms with Crippen molar-refractivity contribution in [2.45, 2.75) is 18.4 Å². The van der Waals surface area contributed by atoms with Crippen LogP contribution in [0.2, 0.25) is 0 Å². The molecule has 0 saturated carbocycles. The average molecular weight is 418 g/mol. The lowest BCUT2D eigenvalue weighted by Gasteiger charge is -2.11. The Morgan fingerprint density at radius 3 is 2.47 bits per heavy atom. The Morgan fingerprint density at radius 2 is 1.73 bits per heavy atom. The van der Waals surface area contributed by atoms with Crippen molar-refractivity contribution < 1.29 is 9.18 Å². The fourth-order valence-corrected chi connectivity index (χ4v) is 3.97. The van der Waals surface area contributed by atoms with Crippen molar-refractivity contribution >= 4 is 34.3 Å². The van der Waals surface area contributed by atoms with Gasteiger partial charge in [0, 0.05) is 16.6 Å². The third kappa shape index (κ3) is 4.49. The zero-order valence-corrected chi connectivity index (χ0v) is 17.2. The predicted molar refractivity (Wildman–Crippen MR) is 120 cm³/mol. The van der Waals surface area contributed by atoms with Crippen LogP contribution in [0.4, 0.5) is 10.1 Å². The summed E-state index contributed by atoms with van der Waals surface area (Å²) >= 11 is 1.37. The van der Waals surface area contributed by atoms with Gasteiger partial charge < -0.3 is 5.32 Å². The molecule has 0 fully saturated rings.